The highest BCUT2D eigenvalue weighted by Gasteiger charge is 2.43. The maximum atomic E-state index is 14.3. The van der Waals surface area contributed by atoms with E-state index >= 15 is 0 Å². The molecule has 0 saturated heterocycles. The number of hydrogen-bond donors (Lipinski definition) is 2. The van der Waals surface area contributed by atoms with E-state index in [2.05, 4.69) is 144 Å². The number of fused-ring (bicyclic) bond motifs is 5. The minimum Gasteiger partial charge on any atom is -0.494 e. The highest BCUT2D eigenvalue weighted by atomic mass is 79.9. The molecule has 334 valence electrons. The van der Waals surface area contributed by atoms with Gasteiger partial charge in [0, 0.05) is 19.9 Å². The average molecular weight is 975 g/mol. The number of aliphatic imine (C=N–C) groups is 1. The van der Waals surface area contributed by atoms with Crippen LogP contribution < -0.4 is 0 Å². The standard InChI is InChI=1S/C57H70Br2N2O2/c1-6-10-14-18-31-56(32-19-15-11-7-2)35-30-42(58)25-22-39(5)44-27-23-40(36-47(44)56)52-50-51(55(63)60-52)53(61-54(50)62)41-24-28-45-46-29-26-43(59)38-49(46)57(48(45)37-41,33-20-16-12-8-3)34-21-17-13-9-4/h22-30,36-38,61-62H,5-21,31-35H2,1-4H3/b25-22-,42-30+. The highest BCUT2D eigenvalue weighted by molar-refractivity contribution is 9.12. The number of allylic oxidation sites excluding steroid dienone is 5. The third-order valence-corrected chi connectivity index (χ3v) is 15.6. The molecule has 4 nitrogen and oxygen atoms in total. The van der Waals surface area contributed by atoms with Crippen molar-refractivity contribution < 1.29 is 9.90 Å². The first-order chi connectivity index (χ1) is 30.6. The van der Waals surface area contributed by atoms with Crippen molar-refractivity contribution in [1.29, 1.82) is 0 Å². The molecule has 2 heterocycles. The third kappa shape index (κ3) is 9.93. The number of rotatable bonds is 22. The molecule has 6 heteroatoms. The van der Waals surface area contributed by atoms with E-state index < -0.39 is 0 Å². The molecule has 0 spiro atoms. The SMILES string of the molecule is C=C1/C=C\C(Br)=C/CC(CCCCCC)(CCCCCC)c2cc(C3=NC(=O)c4c(-c5ccc6c(c5)C(CCCCCC)(CCCCCC)c5cc(Br)ccc5-6)[nH]c(O)c43)ccc21. The maximum absolute atomic E-state index is 14.3. The topological polar surface area (TPSA) is 65.5 Å². The van der Waals surface area contributed by atoms with E-state index in [1.165, 1.54) is 118 Å². The van der Waals surface area contributed by atoms with Gasteiger partial charge in [0.2, 0.25) is 0 Å². The number of H-pyrrole nitrogens is 1. The zero-order chi connectivity index (χ0) is 44.6. The molecule has 2 N–H and O–H groups in total. The number of nitrogens with one attached hydrogen (secondary N) is 1. The van der Waals surface area contributed by atoms with Crippen LogP contribution in [0.25, 0.3) is 28.0 Å². The normalized spacial score (nSPS) is 17.2. The summed E-state index contributed by atoms with van der Waals surface area (Å²) >= 11 is 7.70. The minimum atomic E-state index is -0.308. The summed E-state index contributed by atoms with van der Waals surface area (Å²) in [7, 11) is 0. The van der Waals surface area contributed by atoms with Gasteiger partial charge in [-0.2, -0.15) is 0 Å². The highest BCUT2D eigenvalue weighted by Crippen LogP contribution is 2.56. The summed E-state index contributed by atoms with van der Waals surface area (Å²) in [6, 6.07) is 20.1. The van der Waals surface area contributed by atoms with E-state index in [-0.39, 0.29) is 22.6 Å². The predicted molar refractivity (Wildman–Crippen MR) is 275 cm³/mol. The van der Waals surface area contributed by atoms with Gasteiger partial charge in [0.1, 0.15) is 0 Å². The first-order valence-corrected chi connectivity index (χ1v) is 26.1. The van der Waals surface area contributed by atoms with Crippen LogP contribution in [0.3, 0.4) is 0 Å². The summed E-state index contributed by atoms with van der Waals surface area (Å²) in [5, 5.41) is 11.9. The Balaban J connectivity index is 1.32. The first kappa shape index (κ1) is 47.2. The monoisotopic (exact) mass is 972 g/mol. The Morgan fingerprint density at radius 2 is 1.17 bits per heavy atom. The van der Waals surface area contributed by atoms with Crippen LogP contribution in [-0.2, 0) is 10.8 Å². The van der Waals surface area contributed by atoms with E-state index in [0.717, 1.165) is 76.2 Å². The lowest BCUT2D eigenvalue weighted by atomic mass is 9.67. The number of hydrogen-bond acceptors (Lipinski definition) is 2. The summed E-state index contributed by atoms with van der Waals surface area (Å²) in [5.74, 6) is -0.311. The molecular formula is C57H70Br2N2O2. The van der Waals surface area contributed by atoms with E-state index in [9.17, 15) is 9.90 Å². The molecule has 0 bridgehead atoms. The second kappa shape index (κ2) is 21.5. The van der Waals surface area contributed by atoms with Crippen LogP contribution in [0.2, 0.25) is 0 Å². The molecule has 0 atom stereocenters. The van der Waals surface area contributed by atoms with Crippen molar-refractivity contribution in [3.63, 3.8) is 0 Å². The Labute approximate surface area is 395 Å². The van der Waals surface area contributed by atoms with Gasteiger partial charge in [0.25, 0.3) is 5.91 Å². The summed E-state index contributed by atoms with van der Waals surface area (Å²) in [4.78, 5) is 22.5. The van der Waals surface area contributed by atoms with E-state index in [4.69, 9.17) is 4.99 Å². The summed E-state index contributed by atoms with van der Waals surface area (Å²) in [5.41, 5.74) is 12.5. The number of unbranched alkanes of at least 4 members (excludes halogenated alkanes) is 12. The zero-order valence-corrected chi connectivity index (χ0v) is 41.7. The van der Waals surface area contributed by atoms with Crippen molar-refractivity contribution in [2.75, 3.05) is 0 Å². The fourth-order valence-electron chi connectivity index (χ4n) is 11.1. The number of aromatic amines is 1. The molecule has 1 aliphatic heterocycles. The molecule has 1 aromatic heterocycles. The maximum Gasteiger partial charge on any atom is 0.280 e. The number of amides is 1. The Morgan fingerprint density at radius 3 is 1.79 bits per heavy atom. The van der Waals surface area contributed by atoms with Gasteiger partial charge in [0.05, 0.1) is 22.5 Å². The summed E-state index contributed by atoms with van der Waals surface area (Å²) < 4.78 is 2.19. The third-order valence-electron chi connectivity index (χ3n) is 14.5. The van der Waals surface area contributed by atoms with Crippen LogP contribution in [0, 0.1) is 0 Å². The molecule has 0 fully saturated rings. The van der Waals surface area contributed by atoms with Gasteiger partial charge >= 0.3 is 0 Å². The first-order valence-electron chi connectivity index (χ1n) is 24.5. The van der Waals surface area contributed by atoms with Crippen LogP contribution in [0.5, 0.6) is 5.88 Å². The van der Waals surface area contributed by atoms with Crippen molar-refractivity contribution in [3.8, 4) is 28.3 Å². The zero-order valence-electron chi connectivity index (χ0n) is 38.5. The number of aromatic nitrogens is 1. The van der Waals surface area contributed by atoms with Gasteiger partial charge in [-0.15, -0.1) is 0 Å². The average Bonchev–Trinajstić information content (AvgIpc) is 3.92. The van der Waals surface area contributed by atoms with E-state index in [1.54, 1.807) is 0 Å². The van der Waals surface area contributed by atoms with Crippen LogP contribution in [-0.4, -0.2) is 21.7 Å². The molecule has 0 saturated carbocycles. The van der Waals surface area contributed by atoms with Crippen molar-refractivity contribution in [1.82, 2.24) is 4.98 Å². The lowest BCUT2D eigenvalue weighted by Gasteiger charge is -2.36. The lowest BCUT2D eigenvalue weighted by Crippen LogP contribution is -2.28. The van der Waals surface area contributed by atoms with E-state index in [0.29, 0.717) is 22.5 Å². The lowest BCUT2D eigenvalue weighted by molar-refractivity contribution is 0.101. The second-order valence-electron chi connectivity index (χ2n) is 18.8. The van der Waals surface area contributed by atoms with Crippen LogP contribution in [0.4, 0.5) is 0 Å². The van der Waals surface area contributed by atoms with Crippen molar-refractivity contribution >= 4 is 49.1 Å². The number of aromatic hydroxyl groups is 1. The molecule has 0 unspecified atom stereocenters. The van der Waals surface area contributed by atoms with Gasteiger partial charge in [-0.25, -0.2) is 4.99 Å². The summed E-state index contributed by atoms with van der Waals surface area (Å²) in [6.45, 7) is 13.7. The summed E-state index contributed by atoms with van der Waals surface area (Å²) in [6.07, 6.45) is 31.1. The number of carbonyl (C=O) groups is 1. The van der Waals surface area contributed by atoms with E-state index in [1.807, 2.05) is 0 Å². The van der Waals surface area contributed by atoms with Gasteiger partial charge < -0.3 is 10.1 Å². The Hall–Kier alpha value is -3.74. The molecule has 3 aromatic carbocycles. The number of nitrogens with zero attached hydrogens (tertiary/aromatic N) is 1. The van der Waals surface area contributed by atoms with Crippen LogP contribution >= 0.6 is 31.9 Å². The van der Waals surface area contributed by atoms with Crippen molar-refractivity contribution in [2.45, 2.75) is 173 Å². The molecule has 4 aromatic rings. The Bertz CT molecular complexity index is 2350. The molecule has 7 rings (SSSR count). The quantitative estimate of drug-likeness (QED) is 0.0771. The predicted octanol–water partition coefficient (Wildman–Crippen LogP) is 17.8. The smallest absolute Gasteiger partial charge is 0.280 e. The Kier molecular flexibility index (Phi) is 16.1. The van der Waals surface area contributed by atoms with Gasteiger partial charge in [0.15, 0.2) is 5.88 Å². The fourth-order valence-corrected chi connectivity index (χ4v) is 11.7. The Morgan fingerprint density at radius 1 is 0.635 bits per heavy atom. The number of halogens is 2. The molecule has 63 heavy (non-hydrogen) atoms. The molecule has 2 aliphatic carbocycles. The molecule has 1 amide bonds. The second-order valence-corrected chi connectivity index (χ2v) is 20.7. The minimum absolute atomic E-state index is 0.00384. The number of benzene rings is 3. The largest absolute Gasteiger partial charge is 0.494 e. The van der Waals surface area contributed by atoms with Gasteiger partial charge in [-0.05, 0) is 112 Å². The van der Waals surface area contributed by atoms with Crippen molar-refractivity contribution in [2.24, 2.45) is 4.99 Å². The van der Waals surface area contributed by atoms with Crippen LogP contribution in [0.15, 0.2) is 93.4 Å². The molecular weight excluding hydrogens is 904 g/mol. The van der Waals surface area contributed by atoms with Gasteiger partial charge in [-0.1, -0.05) is 211 Å². The van der Waals surface area contributed by atoms with Crippen molar-refractivity contribution in [3.05, 3.63) is 127 Å². The van der Waals surface area contributed by atoms with Crippen LogP contribution in [0.1, 0.15) is 206 Å². The molecule has 0 radical (unpaired) electrons. The van der Waals surface area contributed by atoms with Gasteiger partial charge in [-0.3, -0.25) is 4.79 Å². The number of carbonyl (C=O) groups excluding carboxylic acids is 1. The molecule has 3 aliphatic rings. The fraction of sp³-hybridized carbons (Fsp3) is 0.474.